The third kappa shape index (κ3) is 6.22. The van der Waals surface area contributed by atoms with E-state index in [0.29, 0.717) is 11.6 Å². The lowest BCUT2D eigenvalue weighted by Crippen LogP contribution is -2.04. The van der Waals surface area contributed by atoms with Crippen molar-refractivity contribution in [2.24, 2.45) is 0 Å². The smallest absolute Gasteiger partial charge is 0.164 e. The van der Waals surface area contributed by atoms with Crippen molar-refractivity contribution in [1.29, 1.82) is 0 Å². The van der Waals surface area contributed by atoms with Crippen LogP contribution in [0.25, 0.3) is 73.1 Å². The van der Waals surface area contributed by atoms with Crippen molar-refractivity contribution in [3.8, 4) is 67.5 Å². The van der Waals surface area contributed by atoms with Crippen molar-refractivity contribution in [1.82, 2.24) is 24.9 Å². The lowest BCUT2D eigenvalue weighted by atomic mass is 9.94. The van der Waals surface area contributed by atoms with E-state index in [1.165, 1.54) is 0 Å². The van der Waals surface area contributed by atoms with Crippen molar-refractivity contribution in [2.75, 3.05) is 0 Å². The molecule has 0 amide bonds. The molecule has 0 atom stereocenters. The van der Waals surface area contributed by atoms with Gasteiger partial charge in [-0.2, -0.15) is 0 Å². The van der Waals surface area contributed by atoms with Crippen molar-refractivity contribution in [3.05, 3.63) is 170 Å². The molecule has 5 heteroatoms. The molecule has 0 unspecified atom stereocenters. The first-order valence-corrected chi connectivity index (χ1v) is 16.1. The average molecular weight is 618 g/mol. The summed E-state index contributed by atoms with van der Waals surface area (Å²) in [7, 11) is 0. The van der Waals surface area contributed by atoms with Crippen LogP contribution in [0.15, 0.2) is 164 Å². The third-order valence-corrected chi connectivity index (χ3v) is 8.52. The first kappa shape index (κ1) is 29.1. The molecule has 5 nitrogen and oxygen atoms in total. The standard InChI is InChI=1S/C43H31N5/c1-3-11-34(12-4-1)41-46-42(35-13-5-2-6-14-35)48-43(47-41)38-28-36(30-17-21-32(22-18-30)39-15-7-9-25-44-39)27-37(29-38)31-19-23-33(24-20-31)40-16-8-10-26-45-40/h1-5,7-13,15-29H,6,14H2. The zero-order valence-corrected chi connectivity index (χ0v) is 26.2. The van der Waals surface area contributed by atoms with Crippen molar-refractivity contribution >= 4 is 5.57 Å². The molecule has 228 valence electrons. The van der Waals surface area contributed by atoms with E-state index in [1.54, 1.807) is 0 Å². The molecule has 7 aromatic rings. The SMILES string of the molecule is C1=CCCC(c2nc(-c3ccccc3)nc(-c3cc(-c4ccc(-c5ccccn5)cc4)cc(-c4ccc(-c5ccccn5)cc4)c3)n2)=C1. The van der Waals surface area contributed by atoms with Crippen LogP contribution in [0.5, 0.6) is 0 Å². The second kappa shape index (κ2) is 13.2. The molecule has 0 N–H and O–H groups in total. The van der Waals surface area contributed by atoms with Crippen molar-refractivity contribution in [2.45, 2.75) is 12.8 Å². The molecule has 0 bridgehead atoms. The van der Waals surface area contributed by atoms with Crippen molar-refractivity contribution in [3.63, 3.8) is 0 Å². The van der Waals surface area contributed by atoms with Crippen LogP contribution in [-0.4, -0.2) is 24.9 Å². The fourth-order valence-electron chi connectivity index (χ4n) is 5.98. The van der Waals surface area contributed by atoms with Crippen molar-refractivity contribution < 1.29 is 0 Å². The lowest BCUT2D eigenvalue weighted by Gasteiger charge is -2.14. The van der Waals surface area contributed by atoms with Crippen LogP contribution in [-0.2, 0) is 0 Å². The van der Waals surface area contributed by atoms with Crippen LogP contribution in [0, 0.1) is 0 Å². The zero-order valence-electron chi connectivity index (χ0n) is 26.2. The molecule has 3 aromatic heterocycles. The number of hydrogen-bond acceptors (Lipinski definition) is 5. The van der Waals surface area contributed by atoms with Crippen LogP contribution >= 0.6 is 0 Å². The Morgan fingerprint density at radius 2 is 0.896 bits per heavy atom. The summed E-state index contributed by atoms with van der Waals surface area (Å²) in [4.78, 5) is 24.2. The van der Waals surface area contributed by atoms with Gasteiger partial charge in [0.2, 0.25) is 0 Å². The fraction of sp³-hybridized carbons (Fsp3) is 0.0465. The summed E-state index contributed by atoms with van der Waals surface area (Å²) in [6, 6.07) is 45.8. The monoisotopic (exact) mass is 617 g/mol. The van der Waals surface area contributed by atoms with Gasteiger partial charge in [-0.15, -0.1) is 0 Å². The molecule has 1 aliphatic rings. The Balaban J connectivity index is 1.27. The van der Waals surface area contributed by atoms with Gasteiger partial charge in [0.1, 0.15) is 0 Å². The molecule has 3 heterocycles. The van der Waals surface area contributed by atoms with Gasteiger partial charge in [-0.05, 0) is 83.1 Å². The van der Waals surface area contributed by atoms with Gasteiger partial charge in [0.15, 0.2) is 17.5 Å². The van der Waals surface area contributed by atoms with Gasteiger partial charge >= 0.3 is 0 Å². The Bertz CT molecular complexity index is 2140. The number of pyridine rings is 2. The maximum atomic E-state index is 5.09. The second-order valence-corrected chi connectivity index (χ2v) is 11.7. The average Bonchev–Trinajstić information content (AvgIpc) is 3.19. The van der Waals surface area contributed by atoms with E-state index in [2.05, 4.69) is 94.9 Å². The Morgan fingerprint density at radius 1 is 0.396 bits per heavy atom. The quantitative estimate of drug-likeness (QED) is 0.178. The lowest BCUT2D eigenvalue weighted by molar-refractivity contribution is 0.978. The van der Waals surface area contributed by atoms with Gasteiger partial charge in [0.25, 0.3) is 0 Å². The number of rotatable bonds is 7. The third-order valence-electron chi connectivity index (χ3n) is 8.52. The number of nitrogens with zero attached hydrogens (tertiary/aromatic N) is 5. The van der Waals surface area contributed by atoms with Gasteiger partial charge in [-0.3, -0.25) is 9.97 Å². The van der Waals surface area contributed by atoms with E-state index in [4.69, 9.17) is 15.0 Å². The van der Waals surface area contributed by atoms with Gasteiger partial charge in [0.05, 0.1) is 11.4 Å². The molecular formula is C43H31N5. The molecule has 0 spiro atoms. The van der Waals surface area contributed by atoms with Gasteiger partial charge < -0.3 is 0 Å². The molecule has 0 saturated heterocycles. The van der Waals surface area contributed by atoms with Gasteiger partial charge in [-0.1, -0.05) is 109 Å². The van der Waals surface area contributed by atoms with E-state index in [9.17, 15) is 0 Å². The highest BCUT2D eigenvalue weighted by Crippen LogP contribution is 2.35. The first-order valence-electron chi connectivity index (χ1n) is 16.1. The summed E-state index contributed by atoms with van der Waals surface area (Å²) >= 11 is 0. The minimum absolute atomic E-state index is 0.646. The fourth-order valence-corrected chi connectivity index (χ4v) is 5.98. The number of benzene rings is 4. The Morgan fingerprint density at radius 3 is 1.42 bits per heavy atom. The predicted molar refractivity (Wildman–Crippen MR) is 194 cm³/mol. The van der Waals surface area contributed by atoms with Crippen LogP contribution in [0.4, 0.5) is 0 Å². The molecule has 0 saturated carbocycles. The molecule has 0 fully saturated rings. The molecule has 8 rings (SSSR count). The van der Waals surface area contributed by atoms with E-state index in [1.807, 2.05) is 79.1 Å². The molecular weight excluding hydrogens is 587 g/mol. The van der Waals surface area contributed by atoms with Crippen LogP contribution in [0.3, 0.4) is 0 Å². The molecule has 0 aliphatic heterocycles. The summed E-state index contributed by atoms with van der Waals surface area (Å²) in [5.74, 6) is 2.03. The Kier molecular flexibility index (Phi) is 7.99. The summed E-state index contributed by atoms with van der Waals surface area (Å²) in [6.07, 6.45) is 11.9. The van der Waals surface area contributed by atoms with E-state index >= 15 is 0 Å². The Hall–Kier alpha value is -6.33. The first-order chi connectivity index (χ1) is 23.8. The van der Waals surface area contributed by atoms with E-state index in [-0.39, 0.29) is 0 Å². The van der Waals surface area contributed by atoms with Crippen LogP contribution < -0.4 is 0 Å². The highest BCUT2D eigenvalue weighted by molar-refractivity contribution is 5.82. The minimum Gasteiger partial charge on any atom is -0.256 e. The van der Waals surface area contributed by atoms with Crippen LogP contribution in [0.2, 0.25) is 0 Å². The zero-order chi connectivity index (χ0) is 32.1. The topological polar surface area (TPSA) is 64.5 Å². The molecule has 4 aromatic carbocycles. The summed E-state index contributed by atoms with van der Waals surface area (Å²) in [6.45, 7) is 0. The van der Waals surface area contributed by atoms with Gasteiger partial charge in [-0.25, -0.2) is 15.0 Å². The maximum Gasteiger partial charge on any atom is 0.164 e. The minimum atomic E-state index is 0.646. The number of allylic oxidation sites excluding steroid dienone is 4. The summed E-state index contributed by atoms with van der Waals surface area (Å²) in [5.41, 5.74) is 11.4. The molecule has 1 aliphatic carbocycles. The highest BCUT2D eigenvalue weighted by atomic mass is 15.0. The summed E-state index contributed by atoms with van der Waals surface area (Å²) in [5, 5.41) is 0. The number of aromatic nitrogens is 5. The number of hydrogen-bond donors (Lipinski definition) is 0. The van der Waals surface area contributed by atoms with Gasteiger partial charge in [0, 0.05) is 34.6 Å². The Labute approximate surface area is 280 Å². The predicted octanol–water partition coefficient (Wildman–Crippen LogP) is 10.4. The van der Waals surface area contributed by atoms with Crippen LogP contribution in [0.1, 0.15) is 18.7 Å². The second-order valence-electron chi connectivity index (χ2n) is 11.7. The molecule has 48 heavy (non-hydrogen) atoms. The molecule has 0 radical (unpaired) electrons. The van der Waals surface area contributed by atoms with E-state index < -0.39 is 0 Å². The highest BCUT2D eigenvalue weighted by Gasteiger charge is 2.16. The summed E-state index contributed by atoms with van der Waals surface area (Å²) < 4.78 is 0. The maximum absolute atomic E-state index is 5.09. The van der Waals surface area contributed by atoms with E-state index in [0.717, 1.165) is 80.1 Å². The largest absolute Gasteiger partial charge is 0.256 e. The normalized spacial score (nSPS) is 12.5.